The third-order valence-electron chi connectivity index (χ3n) is 7.60. The topological polar surface area (TPSA) is 88.2 Å². The van der Waals surface area contributed by atoms with Crippen molar-refractivity contribution in [2.24, 2.45) is 0 Å². The van der Waals surface area contributed by atoms with E-state index in [0.717, 1.165) is 37.3 Å². The molecule has 9 heteroatoms. The number of hydrogen-bond donors (Lipinski definition) is 1. The van der Waals surface area contributed by atoms with Gasteiger partial charge in [-0.2, -0.15) is 0 Å². The number of rotatable bonds is 10. The largest absolute Gasteiger partial charge is 0.496 e. The maximum atomic E-state index is 13.7. The third kappa shape index (κ3) is 6.94. The molecule has 1 aliphatic rings. The number of ketones is 1. The lowest BCUT2D eigenvalue weighted by molar-refractivity contribution is -0.120. The molecule has 44 heavy (non-hydrogen) atoms. The van der Waals surface area contributed by atoms with Crippen LogP contribution in [0.25, 0.3) is 0 Å². The molecule has 0 saturated carbocycles. The Kier molecular flexibility index (Phi) is 9.96. The van der Waals surface area contributed by atoms with Gasteiger partial charge < -0.3 is 14.4 Å². The molecule has 0 aliphatic carbocycles. The first-order valence-corrected chi connectivity index (χ1v) is 15.3. The second kappa shape index (κ2) is 14.2. The number of benzene rings is 4. The maximum Gasteiger partial charge on any atom is 0.341 e. The summed E-state index contributed by atoms with van der Waals surface area (Å²) in [5.41, 5.74) is 7.70. The number of methoxy groups -OCH3 is 2. The molecule has 1 fully saturated rings. The number of carbonyl (C=O) groups excluding carboxylic acids is 3. The summed E-state index contributed by atoms with van der Waals surface area (Å²) in [5, 5.41) is 1.77. The third-order valence-corrected chi connectivity index (χ3v) is 8.34. The van der Waals surface area contributed by atoms with E-state index >= 15 is 0 Å². The summed E-state index contributed by atoms with van der Waals surface area (Å²) in [6, 6.07) is 27.6. The molecule has 1 heterocycles. The molecule has 0 unspecified atom stereocenters. The number of carbonyl (C=O) groups is 3. The highest BCUT2D eigenvalue weighted by molar-refractivity contribution is 9.10. The molecule has 226 valence electrons. The van der Waals surface area contributed by atoms with E-state index in [9.17, 15) is 14.4 Å². The molecule has 0 bridgehead atoms. The van der Waals surface area contributed by atoms with Crippen LogP contribution in [-0.4, -0.2) is 45.0 Å². The Balaban J connectivity index is 1.47. The number of para-hydroxylation sites is 2. The van der Waals surface area contributed by atoms with Crippen LogP contribution in [0.2, 0.25) is 0 Å². The number of anilines is 3. The SMILES string of the molecule is COC(=O)c1cc(Br)c(CC(=O)NN(c2ccc(C(=O)c3ccccc3)cc2)c2ccccc2N2CCCCC2)cc1OC. The average molecular weight is 657 g/mol. The van der Waals surface area contributed by atoms with Crippen molar-refractivity contribution >= 4 is 50.7 Å². The van der Waals surface area contributed by atoms with Crippen LogP contribution < -0.4 is 20.1 Å². The number of nitrogens with one attached hydrogen (secondary N) is 1. The molecular weight excluding hydrogens is 622 g/mol. The highest BCUT2D eigenvalue weighted by atomic mass is 79.9. The minimum Gasteiger partial charge on any atom is -0.496 e. The fraction of sp³-hybridized carbons (Fsp3) is 0.229. The average Bonchev–Trinajstić information content (AvgIpc) is 3.08. The molecule has 4 aromatic carbocycles. The minimum atomic E-state index is -0.534. The second-order valence-corrected chi connectivity index (χ2v) is 11.3. The Morgan fingerprint density at radius 2 is 1.50 bits per heavy atom. The Bertz CT molecular complexity index is 1640. The first-order valence-electron chi connectivity index (χ1n) is 14.5. The van der Waals surface area contributed by atoms with Crippen molar-refractivity contribution in [1.29, 1.82) is 0 Å². The summed E-state index contributed by atoms with van der Waals surface area (Å²) in [4.78, 5) is 41.3. The lowest BCUT2D eigenvalue weighted by Crippen LogP contribution is -2.41. The Labute approximate surface area is 265 Å². The fourth-order valence-corrected chi connectivity index (χ4v) is 5.83. The molecule has 1 saturated heterocycles. The predicted molar refractivity (Wildman–Crippen MR) is 175 cm³/mol. The number of hydrazine groups is 1. The van der Waals surface area contributed by atoms with Gasteiger partial charge in [-0.1, -0.05) is 58.4 Å². The zero-order valence-corrected chi connectivity index (χ0v) is 26.3. The van der Waals surface area contributed by atoms with Gasteiger partial charge in [0.05, 0.1) is 37.7 Å². The smallest absolute Gasteiger partial charge is 0.341 e. The molecule has 5 rings (SSSR count). The minimum absolute atomic E-state index is 0.00531. The summed E-state index contributed by atoms with van der Waals surface area (Å²) >= 11 is 3.50. The van der Waals surface area contributed by atoms with Gasteiger partial charge in [0.15, 0.2) is 5.78 Å². The number of ether oxygens (including phenoxy) is 2. The summed E-state index contributed by atoms with van der Waals surface area (Å²) in [7, 11) is 2.77. The van der Waals surface area contributed by atoms with Gasteiger partial charge in [0, 0.05) is 28.7 Å². The van der Waals surface area contributed by atoms with Gasteiger partial charge >= 0.3 is 5.97 Å². The molecule has 0 radical (unpaired) electrons. The molecule has 0 spiro atoms. The van der Waals surface area contributed by atoms with Gasteiger partial charge in [-0.15, -0.1) is 0 Å². The Hall–Kier alpha value is -4.63. The van der Waals surface area contributed by atoms with Crippen LogP contribution in [0.1, 0.15) is 51.1 Å². The van der Waals surface area contributed by atoms with Crippen LogP contribution in [-0.2, 0) is 16.0 Å². The molecule has 4 aromatic rings. The maximum absolute atomic E-state index is 13.7. The van der Waals surface area contributed by atoms with Crippen molar-refractivity contribution in [3.8, 4) is 5.75 Å². The van der Waals surface area contributed by atoms with Crippen LogP contribution in [0.3, 0.4) is 0 Å². The van der Waals surface area contributed by atoms with Crippen LogP contribution >= 0.6 is 15.9 Å². The Morgan fingerprint density at radius 3 is 2.18 bits per heavy atom. The van der Waals surface area contributed by atoms with Crippen molar-refractivity contribution in [1.82, 2.24) is 5.43 Å². The zero-order valence-electron chi connectivity index (χ0n) is 24.7. The van der Waals surface area contributed by atoms with Crippen LogP contribution in [0.5, 0.6) is 5.75 Å². The molecule has 0 atom stereocenters. The quantitative estimate of drug-likeness (QED) is 0.113. The van der Waals surface area contributed by atoms with Gasteiger partial charge in [0.1, 0.15) is 11.3 Å². The van der Waals surface area contributed by atoms with E-state index in [1.807, 2.05) is 48.5 Å². The molecule has 1 amide bonds. The normalized spacial score (nSPS) is 12.8. The van der Waals surface area contributed by atoms with Crippen LogP contribution in [0.15, 0.2) is 95.5 Å². The standard InChI is InChI=1S/C35H34BrN3O5/c1-43-32-21-26(29(36)23-28(32)35(42)44-2)22-33(40)37-39(31-14-8-7-13-30(31)38-19-9-4-10-20-38)27-17-15-25(16-18-27)34(41)24-11-5-3-6-12-24/h3,5-8,11-18,21,23H,4,9-10,19-20,22H2,1-2H3,(H,37,40). The number of piperidine rings is 1. The van der Waals surface area contributed by atoms with Gasteiger partial charge in [-0.3, -0.25) is 20.0 Å². The highest BCUT2D eigenvalue weighted by Gasteiger charge is 2.23. The van der Waals surface area contributed by atoms with Gasteiger partial charge in [-0.05, 0) is 73.4 Å². The fourth-order valence-electron chi connectivity index (χ4n) is 5.34. The van der Waals surface area contributed by atoms with Crippen molar-refractivity contribution < 1.29 is 23.9 Å². The lowest BCUT2D eigenvalue weighted by atomic mass is 10.0. The van der Waals surface area contributed by atoms with Gasteiger partial charge in [0.25, 0.3) is 0 Å². The predicted octanol–water partition coefficient (Wildman–Crippen LogP) is 6.88. The monoisotopic (exact) mass is 655 g/mol. The summed E-state index contributed by atoms with van der Waals surface area (Å²) < 4.78 is 10.9. The first kappa shape index (κ1) is 30.8. The molecular formula is C35H34BrN3O5. The van der Waals surface area contributed by atoms with Crippen molar-refractivity contribution in [2.45, 2.75) is 25.7 Å². The van der Waals surface area contributed by atoms with E-state index in [1.54, 1.807) is 41.4 Å². The molecule has 1 N–H and O–H groups in total. The molecule has 0 aromatic heterocycles. The lowest BCUT2D eigenvalue weighted by Gasteiger charge is -2.34. The van der Waals surface area contributed by atoms with E-state index < -0.39 is 5.97 Å². The van der Waals surface area contributed by atoms with E-state index in [1.165, 1.54) is 20.6 Å². The van der Waals surface area contributed by atoms with Crippen molar-refractivity contribution in [3.63, 3.8) is 0 Å². The number of hydrogen-bond acceptors (Lipinski definition) is 7. The van der Waals surface area contributed by atoms with Gasteiger partial charge in [0.2, 0.25) is 5.91 Å². The van der Waals surface area contributed by atoms with E-state index in [0.29, 0.717) is 32.6 Å². The number of halogens is 1. The first-order chi connectivity index (χ1) is 21.4. The second-order valence-electron chi connectivity index (χ2n) is 10.5. The van der Waals surface area contributed by atoms with Crippen molar-refractivity contribution in [3.05, 3.63) is 118 Å². The van der Waals surface area contributed by atoms with Crippen LogP contribution in [0, 0.1) is 0 Å². The summed E-state index contributed by atoms with van der Waals surface area (Å²) in [5.74, 6) is -0.575. The summed E-state index contributed by atoms with van der Waals surface area (Å²) in [6.07, 6.45) is 3.41. The molecule has 1 aliphatic heterocycles. The number of nitrogens with zero attached hydrogens (tertiary/aromatic N) is 2. The highest BCUT2D eigenvalue weighted by Crippen LogP contribution is 2.35. The van der Waals surface area contributed by atoms with E-state index in [-0.39, 0.29) is 23.7 Å². The Morgan fingerprint density at radius 1 is 0.841 bits per heavy atom. The molecule has 8 nitrogen and oxygen atoms in total. The van der Waals surface area contributed by atoms with Crippen molar-refractivity contribution in [2.75, 3.05) is 37.2 Å². The number of esters is 1. The summed E-state index contributed by atoms with van der Waals surface area (Å²) in [6.45, 7) is 1.87. The zero-order chi connectivity index (χ0) is 31.1. The van der Waals surface area contributed by atoms with E-state index in [4.69, 9.17) is 9.47 Å². The number of amides is 1. The van der Waals surface area contributed by atoms with E-state index in [2.05, 4.69) is 32.3 Å². The van der Waals surface area contributed by atoms with Gasteiger partial charge in [-0.25, -0.2) is 4.79 Å². The van der Waals surface area contributed by atoms with Crippen LogP contribution in [0.4, 0.5) is 17.1 Å².